The molecular formula is C25H29IN4O2S. The lowest BCUT2D eigenvalue weighted by molar-refractivity contribution is 0.0948. The smallest absolute Gasteiger partial charge is 0.251 e. The number of halogens is 1. The lowest BCUT2D eigenvalue weighted by Gasteiger charge is -2.18. The van der Waals surface area contributed by atoms with Crippen LogP contribution in [0.15, 0.2) is 87.3 Å². The molecule has 1 aliphatic rings. The highest BCUT2D eigenvalue weighted by atomic mass is 127. The third kappa shape index (κ3) is 7.53. The van der Waals surface area contributed by atoms with Gasteiger partial charge in [-0.25, -0.2) is 0 Å². The average molecular weight is 577 g/mol. The Morgan fingerprint density at radius 2 is 1.82 bits per heavy atom. The van der Waals surface area contributed by atoms with E-state index in [9.17, 15) is 4.79 Å². The van der Waals surface area contributed by atoms with E-state index in [1.165, 1.54) is 17.7 Å². The summed E-state index contributed by atoms with van der Waals surface area (Å²) in [7, 11) is 1.78. The standard InChI is InChI=1S/C25H28N4O2S.HI/c1-26-24(29-18-25(12-13-25)32-22-10-3-2-4-11-22)28-16-19-7-5-8-20(15-19)23(30)27-17-21-9-6-14-31-21;/h2-11,14-15H,12-13,16-18H2,1H3,(H,27,30)(H2,26,28,29);1H. The lowest BCUT2D eigenvalue weighted by atomic mass is 10.1. The van der Waals surface area contributed by atoms with Crippen LogP contribution in [-0.2, 0) is 13.1 Å². The van der Waals surface area contributed by atoms with E-state index in [2.05, 4.69) is 45.2 Å². The number of guanidine groups is 1. The molecular weight excluding hydrogens is 547 g/mol. The molecule has 1 aromatic heterocycles. The van der Waals surface area contributed by atoms with Gasteiger partial charge in [0.1, 0.15) is 5.76 Å². The fourth-order valence-corrected chi connectivity index (χ4v) is 4.59. The first-order chi connectivity index (χ1) is 15.7. The summed E-state index contributed by atoms with van der Waals surface area (Å²) in [6.07, 6.45) is 4.00. The van der Waals surface area contributed by atoms with Gasteiger partial charge in [-0.15, -0.1) is 35.7 Å². The van der Waals surface area contributed by atoms with E-state index in [4.69, 9.17) is 4.42 Å². The monoisotopic (exact) mass is 576 g/mol. The molecule has 3 N–H and O–H groups in total. The molecule has 1 fully saturated rings. The lowest BCUT2D eigenvalue weighted by Crippen LogP contribution is -2.40. The Balaban J connectivity index is 0.00000306. The second-order valence-corrected chi connectivity index (χ2v) is 9.38. The Kier molecular flexibility index (Phi) is 9.25. The third-order valence-electron chi connectivity index (χ3n) is 5.34. The number of thioether (sulfide) groups is 1. The highest BCUT2D eigenvalue weighted by Gasteiger charge is 2.43. The van der Waals surface area contributed by atoms with E-state index in [1.54, 1.807) is 19.4 Å². The molecule has 4 rings (SSSR count). The zero-order valence-corrected chi connectivity index (χ0v) is 21.7. The molecule has 3 aromatic rings. The number of carbonyl (C=O) groups excluding carboxylic acids is 1. The van der Waals surface area contributed by atoms with Gasteiger partial charge in [0, 0.05) is 35.3 Å². The van der Waals surface area contributed by atoms with Gasteiger partial charge in [0.25, 0.3) is 5.91 Å². The Bertz CT molecular complexity index is 1050. The Labute approximate surface area is 216 Å². The highest BCUT2D eigenvalue weighted by Crippen LogP contribution is 2.51. The van der Waals surface area contributed by atoms with Gasteiger partial charge >= 0.3 is 0 Å². The second-order valence-electron chi connectivity index (χ2n) is 7.84. The Hall–Kier alpha value is -2.46. The minimum absolute atomic E-state index is 0. The van der Waals surface area contributed by atoms with Gasteiger partial charge in [0.15, 0.2) is 5.96 Å². The Morgan fingerprint density at radius 3 is 2.52 bits per heavy atom. The van der Waals surface area contributed by atoms with Gasteiger partial charge in [-0.3, -0.25) is 9.79 Å². The van der Waals surface area contributed by atoms with Crippen LogP contribution in [0.1, 0.15) is 34.5 Å². The molecule has 174 valence electrons. The van der Waals surface area contributed by atoms with Crippen LogP contribution >= 0.6 is 35.7 Å². The van der Waals surface area contributed by atoms with E-state index in [-0.39, 0.29) is 34.6 Å². The summed E-state index contributed by atoms with van der Waals surface area (Å²) in [4.78, 5) is 18.1. The maximum absolute atomic E-state index is 12.4. The van der Waals surface area contributed by atoms with Crippen LogP contribution in [0.5, 0.6) is 0 Å². The van der Waals surface area contributed by atoms with E-state index in [0.717, 1.165) is 23.8 Å². The Morgan fingerprint density at radius 1 is 1.00 bits per heavy atom. The SMILES string of the molecule is CN=C(NCc1cccc(C(=O)NCc2ccco2)c1)NCC1(Sc2ccccc2)CC1.I. The fourth-order valence-electron chi connectivity index (χ4n) is 3.35. The van der Waals surface area contributed by atoms with Crippen LogP contribution in [-0.4, -0.2) is 30.2 Å². The van der Waals surface area contributed by atoms with Crippen molar-refractivity contribution in [3.63, 3.8) is 0 Å². The summed E-state index contributed by atoms with van der Waals surface area (Å²) in [6.45, 7) is 1.81. The first-order valence-electron chi connectivity index (χ1n) is 10.7. The highest BCUT2D eigenvalue weighted by molar-refractivity contribution is 14.0. The summed E-state index contributed by atoms with van der Waals surface area (Å²) in [5.74, 6) is 1.36. The third-order valence-corrected chi connectivity index (χ3v) is 6.83. The summed E-state index contributed by atoms with van der Waals surface area (Å²) < 4.78 is 5.50. The predicted molar refractivity (Wildman–Crippen MR) is 144 cm³/mol. The number of hydrogen-bond donors (Lipinski definition) is 3. The minimum Gasteiger partial charge on any atom is -0.467 e. The van der Waals surface area contributed by atoms with E-state index >= 15 is 0 Å². The molecule has 0 aliphatic heterocycles. The summed E-state index contributed by atoms with van der Waals surface area (Å²) >= 11 is 1.94. The van der Waals surface area contributed by atoms with Gasteiger partial charge in [-0.1, -0.05) is 30.3 Å². The van der Waals surface area contributed by atoms with Crippen molar-refractivity contribution < 1.29 is 9.21 Å². The summed E-state index contributed by atoms with van der Waals surface area (Å²) in [6, 6.07) is 21.8. The topological polar surface area (TPSA) is 78.7 Å². The number of nitrogens with zero attached hydrogens (tertiary/aromatic N) is 1. The largest absolute Gasteiger partial charge is 0.467 e. The van der Waals surface area contributed by atoms with Crippen molar-refractivity contribution in [1.29, 1.82) is 0 Å². The molecule has 0 saturated heterocycles. The van der Waals surface area contributed by atoms with Gasteiger partial charge in [0.2, 0.25) is 0 Å². The number of rotatable bonds is 9. The van der Waals surface area contributed by atoms with Crippen LogP contribution < -0.4 is 16.0 Å². The summed E-state index contributed by atoms with van der Waals surface area (Å²) in [5.41, 5.74) is 1.63. The number of furan rings is 1. The van der Waals surface area contributed by atoms with Crippen molar-refractivity contribution in [2.75, 3.05) is 13.6 Å². The van der Waals surface area contributed by atoms with Gasteiger partial charge in [-0.05, 0) is 54.8 Å². The molecule has 8 heteroatoms. The van der Waals surface area contributed by atoms with Crippen LogP contribution in [0.3, 0.4) is 0 Å². The van der Waals surface area contributed by atoms with E-state index in [0.29, 0.717) is 18.7 Å². The van der Waals surface area contributed by atoms with Crippen molar-refractivity contribution >= 4 is 47.6 Å². The van der Waals surface area contributed by atoms with Gasteiger partial charge in [0.05, 0.1) is 12.8 Å². The number of carbonyl (C=O) groups is 1. The molecule has 0 spiro atoms. The molecule has 0 unspecified atom stereocenters. The summed E-state index contributed by atoms with van der Waals surface area (Å²) in [5, 5.41) is 9.69. The molecule has 0 bridgehead atoms. The van der Waals surface area contributed by atoms with Crippen molar-refractivity contribution in [3.8, 4) is 0 Å². The zero-order valence-electron chi connectivity index (χ0n) is 18.5. The average Bonchev–Trinajstić information content (AvgIpc) is 3.38. The fraction of sp³-hybridized carbons (Fsp3) is 0.280. The first kappa shape index (κ1) is 25.2. The van der Waals surface area contributed by atoms with E-state index < -0.39 is 0 Å². The molecule has 1 saturated carbocycles. The maximum atomic E-state index is 12.4. The molecule has 1 amide bonds. The molecule has 2 aromatic carbocycles. The van der Waals surface area contributed by atoms with Crippen LogP contribution in [0.4, 0.5) is 0 Å². The van der Waals surface area contributed by atoms with Gasteiger partial charge in [-0.2, -0.15) is 0 Å². The number of benzene rings is 2. The van der Waals surface area contributed by atoms with Crippen LogP contribution in [0.25, 0.3) is 0 Å². The van der Waals surface area contributed by atoms with Crippen molar-refractivity contribution in [2.24, 2.45) is 4.99 Å². The molecule has 1 aliphatic carbocycles. The number of amides is 1. The molecule has 1 heterocycles. The van der Waals surface area contributed by atoms with Crippen LogP contribution in [0.2, 0.25) is 0 Å². The maximum Gasteiger partial charge on any atom is 0.251 e. The van der Waals surface area contributed by atoms with Crippen molar-refractivity contribution in [1.82, 2.24) is 16.0 Å². The minimum atomic E-state index is -0.126. The molecule has 0 radical (unpaired) electrons. The van der Waals surface area contributed by atoms with E-state index in [1.807, 2.05) is 48.2 Å². The molecule has 33 heavy (non-hydrogen) atoms. The van der Waals surface area contributed by atoms with Crippen LogP contribution in [0, 0.1) is 0 Å². The normalized spacial score (nSPS) is 14.2. The van der Waals surface area contributed by atoms with Gasteiger partial charge < -0.3 is 20.4 Å². The number of nitrogens with one attached hydrogen (secondary N) is 3. The molecule has 0 atom stereocenters. The first-order valence-corrected chi connectivity index (χ1v) is 11.6. The van der Waals surface area contributed by atoms with Crippen molar-refractivity contribution in [3.05, 3.63) is 89.9 Å². The quantitative estimate of drug-likeness (QED) is 0.194. The number of hydrogen-bond acceptors (Lipinski definition) is 4. The second kappa shape index (κ2) is 12.1. The zero-order chi connectivity index (χ0) is 22.2. The molecule has 6 nitrogen and oxygen atoms in total. The number of aliphatic imine (C=N–C) groups is 1. The van der Waals surface area contributed by atoms with Crippen molar-refractivity contribution in [2.45, 2.75) is 35.6 Å². The predicted octanol–water partition coefficient (Wildman–Crippen LogP) is 4.82.